The first-order chi connectivity index (χ1) is 5.02. The molecule has 0 saturated heterocycles. The third-order valence-electron chi connectivity index (χ3n) is 1.36. The molecule has 0 unspecified atom stereocenters. The molecule has 18 heavy (non-hydrogen) atoms. The van der Waals surface area contributed by atoms with E-state index in [1.807, 2.05) is 0 Å². The molecule has 0 heterocycles. The van der Waals surface area contributed by atoms with Gasteiger partial charge in [-0.15, -0.1) is 0 Å². The standard InChI is InChI=1S/C7H8O3S.Ni.6H2O/c1-6-4-2-3-5-7(6)11(8,9)10;;;;;;;/h2-5H,1H3,(H,8,9,10);;6*1H2/q;+2;;;;;;/p-1. The van der Waals surface area contributed by atoms with Gasteiger partial charge >= 0.3 is 16.5 Å². The van der Waals surface area contributed by atoms with Gasteiger partial charge in [-0.3, -0.25) is 0 Å². The monoisotopic (exact) mass is 337 g/mol. The fourth-order valence-corrected chi connectivity index (χ4v) is 1.54. The summed E-state index contributed by atoms with van der Waals surface area (Å²) in [5.74, 6) is 0. The predicted octanol–water partition coefficient (Wildman–Crippen LogP) is -4.05. The Kier molecular flexibility index (Phi) is 39.4. The van der Waals surface area contributed by atoms with E-state index in [1.54, 1.807) is 19.1 Å². The van der Waals surface area contributed by atoms with Crippen molar-refractivity contribution in [3.63, 3.8) is 0 Å². The van der Waals surface area contributed by atoms with Gasteiger partial charge in [0.25, 0.3) is 0 Å². The second-order valence-electron chi connectivity index (χ2n) is 2.22. The Morgan fingerprint density at radius 1 is 0.889 bits per heavy atom. The maximum Gasteiger partial charge on any atom is 2.00 e. The molecule has 0 aromatic heterocycles. The molecule has 0 bridgehead atoms. The molecule has 0 fully saturated rings. The van der Waals surface area contributed by atoms with Crippen LogP contribution >= 0.6 is 0 Å². The molecule has 0 aliphatic heterocycles. The quantitative estimate of drug-likeness (QED) is 0.366. The summed E-state index contributed by atoms with van der Waals surface area (Å²) in [6, 6.07) is 6.10. The molecule has 0 atom stereocenters. The van der Waals surface area contributed by atoms with Crippen LogP contribution in [0.25, 0.3) is 0 Å². The third kappa shape index (κ3) is 11.9. The van der Waals surface area contributed by atoms with Crippen LogP contribution in [-0.4, -0.2) is 45.8 Å². The van der Waals surface area contributed by atoms with E-state index in [0.717, 1.165) is 0 Å². The summed E-state index contributed by atoms with van der Waals surface area (Å²) in [5, 5.41) is 0. The van der Waals surface area contributed by atoms with Crippen molar-refractivity contribution >= 4 is 10.1 Å². The van der Waals surface area contributed by atoms with Crippen molar-refractivity contribution in [3.05, 3.63) is 29.8 Å². The molecule has 0 aliphatic rings. The van der Waals surface area contributed by atoms with Crippen LogP contribution < -0.4 is 0 Å². The largest absolute Gasteiger partial charge is 2.00 e. The van der Waals surface area contributed by atoms with E-state index in [4.69, 9.17) is 0 Å². The average molecular weight is 338 g/mol. The van der Waals surface area contributed by atoms with Crippen LogP contribution in [0.3, 0.4) is 0 Å². The summed E-state index contributed by atoms with van der Waals surface area (Å²) < 4.78 is 31.5. The van der Waals surface area contributed by atoms with Crippen molar-refractivity contribution in [1.82, 2.24) is 0 Å². The van der Waals surface area contributed by atoms with E-state index in [0.29, 0.717) is 5.56 Å². The van der Waals surface area contributed by atoms with Crippen LogP contribution in [-0.2, 0) is 26.6 Å². The van der Waals surface area contributed by atoms with Crippen LogP contribution in [0.1, 0.15) is 5.56 Å². The van der Waals surface area contributed by atoms with Gasteiger partial charge in [0.1, 0.15) is 10.1 Å². The zero-order chi connectivity index (χ0) is 8.48. The summed E-state index contributed by atoms with van der Waals surface area (Å²) >= 11 is 0. The smallest absolute Gasteiger partial charge is 0.744 e. The molecule has 0 aliphatic carbocycles. The van der Waals surface area contributed by atoms with Crippen molar-refractivity contribution in [3.8, 4) is 0 Å². The molecule has 116 valence electrons. The Labute approximate surface area is 114 Å². The predicted molar refractivity (Wildman–Crippen MR) is 60.8 cm³/mol. The number of hydrogen-bond donors (Lipinski definition) is 0. The van der Waals surface area contributed by atoms with Gasteiger partial charge in [-0.05, 0) is 18.6 Å². The molecule has 1 aromatic rings. The van der Waals surface area contributed by atoms with Gasteiger partial charge in [-0.2, -0.15) is 0 Å². The Morgan fingerprint density at radius 3 is 1.44 bits per heavy atom. The van der Waals surface area contributed by atoms with Gasteiger partial charge in [-0.1, -0.05) is 18.2 Å². The van der Waals surface area contributed by atoms with Gasteiger partial charge in [-0.25, -0.2) is 8.42 Å². The molecule has 11 heteroatoms. The second kappa shape index (κ2) is 16.4. The number of benzene rings is 1. The van der Waals surface area contributed by atoms with Crippen molar-refractivity contribution < 1.29 is 62.3 Å². The minimum Gasteiger partial charge on any atom is -0.744 e. The number of hydrogen-bond acceptors (Lipinski definition) is 3. The molecule has 0 radical (unpaired) electrons. The van der Waals surface area contributed by atoms with Crippen molar-refractivity contribution in [2.75, 3.05) is 0 Å². The van der Waals surface area contributed by atoms with E-state index in [9.17, 15) is 13.0 Å². The summed E-state index contributed by atoms with van der Waals surface area (Å²) in [4.78, 5) is -0.139. The normalized spacial score (nSPS) is 7.00. The first-order valence-electron chi connectivity index (χ1n) is 3.03. The zero-order valence-electron chi connectivity index (χ0n) is 9.26. The number of aryl methyl sites for hydroxylation is 1. The molecule has 1 rings (SSSR count). The van der Waals surface area contributed by atoms with Gasteiger partial charge in [0.15, 0.2) is 0 Å². The SMILES string of the molecule is Cc1ccccc1S(=O)(=O)[O-].O.O.O.O.O.O.[Ni+2]. The molecule has 9 nitrogen and oxygen atoms in total. The third-order valence-corrected chi connectivity index (χ3v) is 2.36. The molecular formula is C7H19NiO9S+. The van der Waals surface area contributed by atoms with Gasteiger partial charge in [0, 0.05) is 0 Å². The van der Waals surface area contributed by atoms with Crippen LogP contribution in [0.15, 0.2) is 29.2 Å². The van der Waals surface area contributed by atoms with Gasteiger partial charge < -0.3 is 37.4 Å². The first kappa shape index (κ1) is 43.3. The summed E-state index contributed by atoms with van der Waals surface area (Å²) in [5.41, 5.74) is 0.488. The zero-order valence-corrected chi connectivity index (χ0v) is 11.1. The topological polar surface area (TPSA) is 246 Å². The first-order valence-corrected chi connectivity index (χ1v) is 4.44. The van der Waals surface area contributed by atoms with Crippen LogP contribution in [0.4, 0.5) is 0 Å². The summed E-state index contributed by atoms with van der Waals surface area (Å²) in [7, 11) is -4.28. The Hall–Kier alpha value is -0.616. The molecule has 0 amide bonds. The molecule has 1 aromatic carbocycles. The second-order valence-corrected chi connectivity index (χ2v) is 3.57. The Morgan fingerprint density at radius 2 is 1.22 bits per heavy atom. The molecule has 0 saturated carbocycles. The van der Waals surface area contributed by atoms with Crippen molar-refractivity contribution in [2.45, 2.75) is 11.8 Å². The molecule has 0 spiro atoms. The minimum absolute atomic E-state index is 0. The summed E-state index contributed by atoms with van der Waals surface area (Å²) in [6.07, 6.45) is 0. The van der Waals surface area contributed by atoms with Gasteiger partial charge in [0.2, 0.25) is 0 Å². The Bertz CT molecular complexity index is 367. The average Bonchev–Trinajstić information content (AvgIpc) is 1.86. The Balaban J connectivity index is -0.0000000346. The van der Waals surface area contributed by atoms with E-state index in [-0.39, 0.29) is 54.2 Å². The molecular weight excluding hydrogens is 319 g/mol. The summed E-state index contributed by atoms with van der Waals surface area (Å²) in [6.45, 7) is 1.59. The van der Waals surface area contributed by atoms with E-state index in [2.05, 4.69) is 0 Å². The maximum atomic E-state index is 10.5. The van der Waals surface area contributed by atoms with E-state index < -0.39 is 10.1 Å². The maximum absolute atomic E-state index is 10.5. The fraction of sp³-hybridized carbons (Fsp3) is 0.143. The fourth-order valence-electron chi connectivity index (χ4n) is 0.837. The van der Waals surface area contributed by atoms with Crippen LogP contribution in [0, 0.1) is 6.92 Å². The van der Waals surface area contributed by atoms with E-state index in [1.165, 1.54) is 12.1 Å². The van der Waals surface area contributed by atoms with Gasteiger partial charge in [0.05, 0.1) is 4.90 Å². The molecule has 12 N–H and O–H groups in total. The van der Waals surface area contributed by atoms with Crippen molar-refractivity contribution in [1.29, 1.82) is 0 Å². The minimum atomic E-state index is -4.28. The van der Waals surface area contributed by atoms with Crippen molar-refractivity contribution in [2.24, 2.45) is 0 Å². The number of rotatable bonds is 1. The van der Waals surface area contributed by atoms with E-state index >= 15 is 0 Å². The van der Waals surface area contributed by atoms with Crippen LogP contribution in [0.2, 0.25) is 0 Å². The van der Waals surface area contributed by atoms with Crippen LogP contribution in [0.5, 0.6) is 0 Å².